The van der Waals surface area contributed by atoms with Crippen LogP contribution in [0, 0.1) is 0 Å². The molecular weight excluding hydrogens is 280 g/mol. The van der Waals surface area contributed by atoms with E-state index in [2.05, 4.69) is 49.2 Å². The Labute approximate surface area is 141 Å². The van der Waals surface area contributed by atoms with Crippen LogP contribution in [0.3, 0.4) is 0 Å². The number of aliphatic imine (C=N–C) groups is 1. The van der Waals surface area contributed by atoms with E-state index in [0.717, 1.165) is 5.69 Å². The van der Waals surface area contributed by atoms with E-state index in [9.17, 15) is 0 Å². The van der Waals surface area contributed by atoms with Crippen LogP contribution in [0.1, 0.15) is 44.7 Å². The summed E-state index contributed by atoms with van der Waals surface area (Å²) in [6.45, 7) is 8.40. The highest BCUT2D eigenvalue weighted by Crippen LogP contribution is 2.17. The fraction of sp³-hybridized carbons (Fsp3) is 0.286. The molecule has 0 fully saturated rings. The van der Waals surface area contributed by atoms with Crippen molar-refractivity contribution in [1.82, 2.24) is 0 Å². The van der Waals surface area contributed by atoms with E-state index in [1.807, 2.05) is 68.7 Å². The topological polar surface area (TPSA) is 15.6 Å². The maximum Gasteiger partial charge on any atom is 0.0430 e. The molecule has 0 N–H and O–H groups in total. The molecular formula is C21H28N2. The van der Waals surface area contributed by atoms with Gasteiger partial charge in [-0.2, -0.15) is 0 Å². The second-order valence-corrected chi connectivity index (χ2v) is 5.31. The van der Waals surface area contributed by atoms with E-state index in [0.29, 0.717) is 5.92 Å². The molecule has 0 atom stereocenters. The van der Waals surface area contributed by atoms with Gasteiger partial charge in [0.25, 0.3) is 0 Å². The molecule has 0 aromatic heterocycles. The van der Waals surface area contributed by atoms with E-state index in [4.69, 9.17) is 0 Å². The zero-order valence-corrected chi connectivity index (χ0v) is 14.9. The number of hydrogen-bond acceptors (Lipinski definition) is 2. The lowest BCUT2D eigenvalue weighted by molar-refractivity contribution is 0.865. The number of nitrogens with zero attached hydrogens (tertiary/aromatic N) is 2. The molecule has 2 aromatic rings. The molecule has 0 radical (unpaired) electrons. The molecule has 0 aliphatic heterocycles. The Morgan fingerprint density at radius 3 is 2.17 bits per heavy atom. The van der Waals surface area contributed by atoms with Gasteiger partial charge in [0.1, 0.15) is 0 Å². The predicted octanol–water partition coefficient (Wildman–Crippen LogP) is 5.86. The van der Waals surface area contributed by atoms with Crippen LogP contribution in [0.5, 0.6) is 0 Å². The molecule has 0 saturated carbocycles. The summed E-state index contributed by atoms with van der Waals surface area (Å²) >= 11 is 0. The molecule has 2 rings (SSSR count). The van der Waals surface area contributed by atoms with E-state index in [1.165, 1.54) is 11.1 Å². The average Bonchev–Trinajstić information content (AvgIpc) is 2.61. The Morgan fingerprint density at radius 2 is 1.52 bits per heavy atom. The van der Waals surface area contributed by atoms with Crippen LogP contribution in [0.2, 0.25) is 0 Å². The minimum absolute atomic E-state index is 0.503. The number of benzene rings is 2. The summed E-state index contributed by atoms with van der Waals surface area (Å²) in [5, 5.41) is 0. The Bertz CT molecular complexity index is 613. The molecule has 2 heteroatoms. The summed E-state index contributed by atoms with van der Waals surface area (Å²) in [6, 6.07) is 18.6. The van der Waals surface area contributed by atoms with E-state index in [-0.39, 0.29) is 0 Å². The SMILES string of the molecule is CC.CC(C)c1ccccc1C=N/C=C\N(C)c1ccccc1. The quantitative estimate of drug-likeness (QED) is 0.631. The number of para-hydroxylation sites is 1. The highest BCUT2D eigenvalue weighted by molar-refractivity contribution is 5.82. The van der Waals surface area contributed by atoms with Crippen LogP contribution in [-0.2, 0) is 0 Å². The summed E-state index contributed by atoms with van der Waals surface area (Å²) in [6.07, 6.45) is 5.71. The Morgan fingerprint density at radius 1 is 0.913 bits per heavy atom. The first kappa shape index (κ1) is 18.7. The smallest absolute Gasteiger partial charge is 0.0430 e. The molecule has 0 heterocycles. The number of anilines is 1. The van der Waals surface area contributed by atoms with Gasteiger partial charge in [-0.25, -0.2) is 0 Å². The van der Waals surface area contributed by atoms with Crippen LogP contribution < -0.4 is 4.90 Å². The van der Waals surface area contributed by atoms with Gasteiger partial charge in [-0.1, -0.05) is 70.2 Å². The van der Waals surface area contributed by atoms with E-state index >= 15 is 0 Å². The lowest BCUT2D eigenvalue weighted by atomic mass is 9.98. The van der Waals surface area contributed by atoms with Crippen molar-refractivity contribution < 1.29 is 0 Å². The van der Waals surface area contributed by atoms with E-state index in [1.54, 1.807) is 0 Å². The van der Waals surface area contributed by atoms with Gasteiger partial charge >= 0.3 is 0 Å². The van der Waals surface area contributed by atoms with Gasteiger partial charge in [0.2, 0.25) is 0 Å². The molecule has 0 aliphatic carbocycles. The monoisotopic (exact) mass is 308 g/mol. The standard InChI is InChI=1S/C19H22N2.C2H6/c1-16(2)19-12-8-7-9-17(19)15-20-13-14-21(3)18-10-5-4-6-11-18;1-2/h4-16H,1-3H3;1-2H3/b14-13-,20-15?;. The van der Waals surface area contributed by atoms with Crippen LogP contribution in [0.4, 0.5) is 5.69 Å². The van der Waals surface area contributed by atoms with Gasteiger partial charge in [-0.15, -0.1) is 0 Å². The lowest BCUT2D eigenvalue weighted by Crippen LogP contribution is -2.06. The summed E-state index contributed by atoms with van der Waals surface area (Å²) in [7, 11) is 2.02. The van der Waals surface area contributed by atoms with Crippen molar-refractivity contribution >= 4 is 11.9 Å². The lowest BCUT2D eigenvalue weighted by Gasteiger charge is -2.12. The Hall–Kier alpha value is -2.35. The third-order valence-electron chi connectivity index (χ3n) is 3.37. The van der Waals surface area contributed by atoms with Crippen molar-refractivity contribution in [1.29, 1.82) is 0 Å². The highest BCUT2D eigenvalue weighted by Gasteiger charge is 2.02. The molecule has 2 aromatic carbocycles. The molecule has 23 heavy (non-hydrogen) atoms. The van der Waals surface area contributed by atoms with Crippen molar-refractivity contribution in [3.63, 3.8) is 0 Å². The largest absolute Gasteiger partial charge is 0.350 e. The molecule has 0 saturated heterocycles. The van der Waals surface area contributed by atoms with Crippen LogP contribution >= 0.6 is 0 Å². The molecule has 0 unspecified atom stereocenters. The van der Waals surface area contributed by atoms with Gasteiger partial charge in [0, 0.05) is 31.3 Å². The van der Waals surface area contributed by atoms with Crippen molar-refractivity contribution in [2.24, 2.45) is 4.99 Å². The zero-order chi connectivity index (χ0) is 17.1. The van der Waals surface area contributed by atoms with Gasteiger partial charge in [0.15, 0.2) is 0 Å². The summed E-state index contributed by atoms with van der Waals surface area (Å²) < 4.78 is 0. The average molecular weight is 308 g/mol. The van der Waals surface area contributed by atoms with E-state index < -0.39 is 0 Å². The molecule has 0 amide bonds. The normalized spacial score (nSPS) is 10.9. The first-order valence-corrected chi connectivity index (χ1v) is 8.25. The predicted molar refractivity (Wildman–Crippen MR) is 103 cm³/mol. The first-order chi connectivity index (χ1) is 11.2. The molecule has 0 spiro atoms. The van der Waals surface area contributed by atoms with Gasteiger partial charge in [0.05, 0.1) is 0 Å². The third kappa shape index (κ3) is 6.11. The van der Waals surface area contributed by atoms with Gasteiger partial charge in [-0.05, 0) is 29.2 Å². The third-order valence-corrected chi connectivity index (χ3v) is 3.37. The molecule has 0 aliphatic rings. The number of rotatable bonds is 5. The van der Waals surface area contributed by atoms with Crippen LogP contribution in [-0.4, -0.2) is 13.3 Å². The zero-order valence-electron chi connectivity index (χ0n) is 14.9. The maximum atomic E-state index is 4.40. The van der Waals surface area contributed by atoms with Crippen molar-refractivity contribution in [2.75, 3.05) is 11.9 Å². The highest BCUT2D eigenvalue weighted by atomic mass is 15.1. The van der Waals surface area contributed by atoms with Gasteiger partial charge < -0.3 is 4.90 Å². The van der Waals surface area contributed by atoms with Gasteiger partial charge in [-0.3, -0.25) is 4.99 Å². The second kappa shape index (κ2) is 10.4. The fourth-order valence-electron chi connectivity index (χ4n) is 2.17. The Kier molecular flexibility index (Phi) is 8.45. The minimum Gasteiger partial charge on any atom is -0.350 e. The molecule has 0 bridgehead atoms. The summed E-state index contributed by atoms with van der Waals surface area (Å²) in [5.41, 5.74) is 3.65. The maximum absolute atomic E-state index is 4.40. The fourth-order valence-corrected chi connectivity index (χ4v) is 2.17. The summed E-state index contributed by atoms with van der Waals surface area (Å²) in [5.74, 6) is 0.503. The van der Waals surface area contributed by atoms with Crippen molar-refractivity contribution in [2.45, 2.75) is 33.6 Å². The van der Waals surface area contributed by atoms with Crippen molar-refractivity contribution in [3.8, 4) is 0 Å². The number of hydrogen-bond donors (Lipinski definition) is 0. The minimum atomic E-state index is 0.503. The summed E-state index contributed by atoms with van der Waals surface area (Å²) in [4.78, 5) is 6.45. The van der Waals surface area contributed by atoms with Crippen LogP contribution in [0.25, 0.3) is 0 Å². The molecule has 122 valence electrons. The second-order valence-electron chi connectivity index (χ2n) is 5.31. The van der Waals surface area contributed by atoms with Crippen molar-refractivity contribution in [3.05, 3.63) is 78.1 Å². The first-order valence-electron chi connectivity index (χ1n) is 8.25. The van der Waals surface area contributed by atoms with Crippen LogP contribution in [0.15, 0.2) is 72.0 Å². The Balaban J connectivity index is 0.00000127. The molecule has 2 nitrogen and oxygen atoms in total.